The van der Waals surface area contributed by atoms with Gasteiger partial charge in [0, 0.05) is 16.9 Å². The highest BCUT2D eigenvalue weighted by molar-refractivity contribution is 7.17. The van der Waals surface area contributed by atoms with Crippen molar-refractivity contribution in [1.82, 2.24) is 0 Å². The quantitative estimate of drug-likeness (QED) is 0.284. The van der Waals surface area contributed by atoms with Crippen LogP contribution in [0.5, 0.6) is 5.75 Å². The molecular formula is C27H30FNO4S. The second-order valence-electron chi connectivity index (χ2n) is 9.01. The molecule has 2 aromatic carbocycles. The van der Waals surface area contributed by atoms with E-state index in [0.29, 0.717) is 29.2 Å². The van der Waals surface area contributed by atoms with Crippen molar-refractivity contribution in [3.05, 3.63) is 70.4 Å². The van der Waals surface area contributed by atoms with Crippen LogP contribution in [0, 0.1) is 12.7 Å². The average molecular weight is 484 g/mol. The Balaban J connectivity index is 1.62. The van der Waals surface area contributed by atoms with E-state index in [9.17, 15) is 14.0 Å². The largest absolute Gasteiger partial charge is 0.494 e. The van der Waals surface area contributed by atoms with Gasteiger partial charge in [-0.25, -0.2) is 9.18 Å². The van der Waals surface area contributed by atoms with Crippen LogP contribution in [0.15, 0.2) is 48.5 Å². The molecule has 1 amide bonds. The molecule has 1 heterocycles. The van der Waals surface area contributed by atoms with E-state index < -0.39 is 5.97 Å². The van der Waals surface area contributed by atoms with Crippen LogP contribution in [0.2, 0.25) is 0 Å². The van der Waals surface area contributed by atoms with Crippen molar-refractivity contribution in [2.75, 3.05) is 19.0 Å². The van der Waals surface area contributed by atoms with Gasteiger partial charge in [-0.2, -0.15) is 0 Å². The molecule has 5 nitrogen and oxygen atoms in total. The monoisotopic (exact) mass is 483 g/mol. The number of esters is 1. The number of anilines is 1. The zero-order chi connectivity index (χ0) is 24.9. The van der Waals surface area contributed by atoms with E-state index in [1.807, 2.05) is 31.2 Å². The molecule has 0 aliphatic heterocycles. The van der Waals surface area contributed by atoms with Crippen molar-refractivity contribution in [3.63, 3.8) is 0 Å². The molecule has 1 N–H and O–H groups in total. The first-order valence-corrected chi connectivity index (χ1v) is 11.9. The molecule has 3 aromatic rings. The summed E-state index contributed by atoms with van der Waals surface area (Å²) in [7, 11) is 1.29. The number of aryl methyl sites for hydroxylation is 1. The van der Waals surface area contributed by atoms with Gasteiger partial charge in [0.05, 0.1) is 13.7 Å². The molecule has 180 valence electrons. The van der Waals surface area contributed by atoms with Gasteiger partial charge in [-0.3, -0.25) is 4.79 Å². The molecule has 34 heavy (non-hydrogen) atoms. The van der Waals surface area contributed by atoms with Gasteiger partial charge in [0.1, 0.15) is 22.1 Å². The van der Waals surface area contributed by atoms with Gasteiger partial charge in [-0.1, -0.05) is 45.0 Å². The van der Waals surface area contributed by atoms with E-state index in [1.54, 1.807) is 12.1 Å². The maximum Gasteiger partial charge on any atom is 0.341 e. The van der Waals surface area contributed by atoms with E-state index in [1.165, 1.54) is 36.1 Å². The predicted octanol–water partition coefficient (Wildman–Crippen LogP) is 6.74. The minimum atomic E-state index is -0.555. The molecule has 0 radical (unpaired) electrons. The third-order valence-corrected chi connectivity index (χ3v) is 6.42. The number of hydrogen-bond donors (Lipinski definition) is 1. The molecule has 0 saturated carbocycles. The van der Waals surface area contributed by atoms with E-state index >= 15 is 0 Å². The van der Waals surface area contributed by atoms with Crippen molar-refractivity contribution in [2.45, 2.75) is 46.0 Å². The summed E-state index contributed by atoms with van der Waals surface area (Å²) in [4.78, 5) is 25.9. The van der Waals surface area contributed by atoms with Crippen LogP contribution in [-0.2, 0) is 14.9 Å². The number of halogens is 1. The highest BCUT2D eigenvalue weighted by Gasteiger charge is 2.25. The number of amides is 1. The van der Waals surface area contributed by atoms with Gasteiger partial charge in [0.25, 0.3) is 0 Å². The summed E-state index contributed by atoms with van der Waals surface area (Å²) < 4.78 is 24.1. The fourth-order valence-corrected chi connectivity index (χ4v) is 4.64. The molecule has 3 rings (SSSR count). The van der Waals surface area contributed by atoms with Gasteiger partial charge in [-0.15, -0.1) is 11.3 Å². The summed E-state index contributed by atoms with van der Waals surface area (Å²) in [5.41, 5.74) is 2.90. The number of nitrogens with one attached hydrogen (secondary N) is 1. The van der Waals surface area contributed by atoms with Crippen LogP contribution in [0.3, 0.4) is 0 Å². The highest BCUT2D eigenvalue weighted by Crippen LogP contribution is 2.40. The van der Waals surface area contributed by atoms with Crippen molar-refractivity contribution >= 4 is 28.2 Å². The van der Waals surface area contributed by atoms with Crippen molar-refractivity contribution in [3.8, 4) is 16.9 Å². The Bertz CT molecular complexity index is 1150. The first-order valence-electron chi connectivity index (χ1n) is 11.1. The maximum absolute atomic E-state index is 13.4. The lowest BCUT2D eigenvalue weighted by Gasteiger charge is -2.19. The lowest BCUT2D eigenvalue weighted by atomic mass is 9.87. The lowest BCUT2D eigenvalue weighted by molar-refractivity contribution is -0.116. The second kappa shape index (κ2) is 10.8. The number of hydrogen-bond acceptors (Lipinski definition) is 5. The fourth-order valence-electron chi connectivity index (χ4n) is 3.56. The first kappa shape index (κ1) is 25.4. The highest BCUT2D eigenvalue weighted by atomic mass is 32.1. The van der Waals surface area contributed by atoms with E-state index in [4.69, 9.17) is 9.47 Å². The van der Waals surface area contributed by atoms with Crippen molar-refractivity contribution < 1.29 is 23.5 Å². The minimum Gasteiger partial charge on any atom is -0.494 e. The van der Waals surface area contributed by atoms with Gasteiger partial charge < -0.3 is 14.8 Å². The molecule has 0 atom stereocenters. The van der Waals surface area contributed by atoms with Gasteiger partial charge >= 0.3 is 5.97 Å². The number of carbonyl (C=O) groups is 2. The van der Waals surface area contributed by atoms with Gasteiger partial charge in [-0.05, 0) is 54.2 Å². The molecule has 0 aliphatic rings. The summed E-state index contributed by atoms with van der Waals surface area (Å²) in [5, 5.41) is 3.26. The zero-order valence-electron chi connectivity index (χ0n) is 20.2. The van der Waals surface area contributed by atoms with Crippen LogP contribution in [0.4, 0.5) is 9.39 Å². The van der Waals surface area contributed by atoms with Crippen LogP contribution < -0.4 is 10.1 Å². The Morgan fingerprint density at radius 2 is 1.68 bits per heavy atom. The standard InChI is InChI=1S/C27H30FNO4S/c1-17-23(18-8-12-20(28)13-9-18)24(26(31)32-5)25(34-17)29-22(30)7-6-16-33-21-14-10-19(11-15-21)27(2,3)4/h8-15H,6-7,16H2,1-5H3,(H,29,30). The lowest BCUT2D eigenvalue weighted by Crippen LogP contribution is -2.15. The van der Waals surface area contributed by atoms with Crippen molar-refractivity contribution in [2.24, 2.45) is 0 Å². The Hall–Kier alpha value is -3.19. The predicted molar refractivity (Wildman–Crippen MR) is 134 cm³/mol. The second-order valence-corrected chi connectivity index (χ2v) is 10.2. The molecule has 0 fully saturated rings. The molecule has 0 aliphatic carbocycles. The minimum absolute atomic E-state index is 0.0797. The van der Waals surface area contributed by atoms with Crippen LogP contribution >= 0.6 is 11.3 Å². The fraction of sp³-hybridized carbons (Fsp3) is 0.333. The number of carbonyl (C=O) groups excluding carboxylic acids is 2. The molecule has 1 aromatic heterocycles. The zero-order valence-corrected chi connectivity index (χ0v) is 21.0. The maximum atomic E-state index is 13.4. The van der Waals surface area contributed by atoms with E-state index in [2.05, 4.69) is 26.1 Å². The number of thiophene rings is 1. The summed E-state index contributed by atoms with van der Waals surface area (Å²) >= 11 is 1.29. The normalized spacial score (nSPS) is 11.2. The third-order valence-electron chi connectivity index (χ3n) is 5.40. The molecule has 7 heteroatoms. The molecule has 0 unspecified atom stereocenters. The Morgan fingerprint density at radius 3 is 2.26 bits per heavy atom. The summed E-state index contributed by atoms with van der Waals surface area (Å²) in [6.07, 6.45) is 0.763. The van der Waals surface area contributed by atoms with Gasteiger partial charge in [0.2, 0.25) is 5.91 Å². The van der Waals surface area contributed by atoms with Gasteiger partial charge in [0.15, 0.2) is 0 Å². The Kier molecular flexibility index (Phi) is 8.10. The van der Waals surface area contributed by atoms with Crippen LogP contribution in [0.25, 0.3) is 11.1 Å². The number of methoxy groups -OCH3 is 1. The summed E-state index contributed by atoms with van der Waals surface area (Å²) in [6, 6.07) is 13.9. The van der Waals surface area contributed by atoms with Crippen molar-refractivity contribution in [1.29, 1.82) is 0 Å². The molecule has 0 spiro atoms. The Morgan fingerprint density at radius 1 is 1.03 bits per heavy atom. The van der Waals surface area contributed by atoms with E-state index in [-0.39, 0.29) is 29.1 Å². The van der Waals surface area contributed by atoms with Crippen LogP contribution in [0.1, 0.15) is 54.4 Å². The number of rotatable bonds is 8. The van der Waals surface area contributed by atoms with Crippen LogP contribution in [-0.4, -0.2) is 25.6 Å². The average Bonchev–Trinajstić information content (AvgIpc) is 3.11. The molecule has 0 saturated heterocycles. The topological polar surface area (TPSA) is 64.6 Å². The molecular weight excluding hydrogens is 453 g/mol. The summed E-state index contributed by atoms with van der Waals surface area (Å²) in [6.45, 7) is 8.72. The summed E-state index contributed by atoms with van der Waals surface area (Å²) in [5.74, 6) is -0.374. The SMILES string of the molecule is COC(=O)c1c(NC(=O)CCCOc2ccc(C(C)(C)C)cc2)sc(C)c1-c1ccc(F)cc1. The number of benzene rings is 2. The first-order chi connectivity index (χ1) is 16.1. The number of ether oxygens (including phenoxy) is 2. The smallest absolute Gasteiger partial charge is 0.341 e. The molecule has 0 bridgehead atoms. The van der Waals surface area contributed by atoms with E-state index in [0.717, 1.165) is 10.6 Å². The third kappa shape index (κ3) is 6.23. The Labute approximate surface area is 203 Å².